The minimum absolute atomic E-state index is 0.0405. The van der Waals surface area contributed by atoms with Crippen LogP contribution in [0.5, 0.6) is 0 Å². The highest BCUT2D eigenvalue weighted by Crippen LogP contribution is 2.44. The minimum atomic E-state index is -1.27. The molecule has 7 nitrogen and oxygen atoms in total. The lowest BCUT2D eigenvalue weighted by atomic mass is 9.81. The molecule has 5 rings (SSSR count). The number of ether oxygens (including phenoxy) is 1. The SMILES string of the molecule is CC(=O)NC1(CC(NC(=O)OCC2c3ccccc3-c3ccccc32)C(=O)O)C=CC(c2ccccc2)=CC1. The predicted octanol–water partition coefficient (Wildman–Crippen LogP) is 5.29. The van der Waals surface area contributed by atoms with Crippen LogP contribution in [0.15, 0.2) is 97.1 Å². The quantitative estimate of drug-likeness (QED) is 0.373. The minimum Gasteiger partial charge on any atom is -0.480 e. The number of carboxylic acids is 1. The van der Waals surface area contributed by atoms with E-state index in [1.54, 1.807) is 0 Å². The maximum Gasteiger partial charge on any atom is 0.407 e. The Morgan fingerprint density at radius 1 is 0.949 bits per heavy atom. The number of aliphatic carboxylic acids is 1. The molecule has 3 aromatic rings. The van der Waals surface area contributed by atoms with Crippen molar-refractivity contribution in [1.29, 1.82) is 0 Å². The number of hydrogen-bond donors (Lipinski definition) is 3. The van der Waals surface area contributed by atoms with Gasteiger partial charge in [0.1, 0.15) is 12.6 Å². The number of hydrogen-bond acceptors (Lipinski definition) is 4. The Morgan fingerprint density at radius 2 is 1.56 bits per heavy atom. The monoisotopic (exact) mass is 522 g/mol. The number of carbonyl (C=O) groups is 3. The Morgan fingerprint density at radius 3 is 2.13 bits per heavy atom. The molecule has 0 saturated carbocycles. The summed E-state index contributed by atoms with van der Waals surface area (Å²) in [4.78, 5) is 37.1. The summed E-state index contributed by atoms with van der Waals surface area (Å²) >= 11 is 0. The Bertz CT molecular complexity index is 1420. The van der Waals surface area contributed by atoms with Gasteiger partial charge in [-0.15, -0.1) is 0 Å². The van der Waals surface area contributed by atoms with Crippen molar-refractivity contribution >= 4 is 23.5 Å². The van der Waals surface area contributed by atoms with E-state index in [1.807, 2.05) is 97.1 Å². The first-order chi connectivity index (χ1) is 18.8. The molecule has 0 aliphatic heterocycles. The fraction of sp³-hybridized carbons (Fsp3) is 0.219. The summed E-state index contributed by atoms with van der Waals surface area (Å²) in [5.74, 6) is -1.64. The molecular weight excluding hydrogens is 492 g/mol. The van der Waals surface area contributed by atoms with Gasteiger partial charge in [0.25, 0.3) is 0 Å². The first-order valence-electron chi connectivity index (χ1n) is 12.9. The van der Waals surface area contributed by atoms with Gasteiger partial charge in [0.05, 0.1) is 5.54 Å². The van der Waals surface area contributed by atoms with Crippen LogP contribution in [0.3, 0.4) is 0 Å². The molecule has 0 bridgehead atoms. The number of carbonyl (C=O) groups excluding carboxylic acids is 2. The number of allylic oxidation sites excluding steroid dienone is 2. The third-order valence-corrected chi connectivity index (χ3v) is 7.30. The number of amides is 2. The standard InChI is InChI=1S/C32H30N2O5/c1-21(35)34-32(17-15-23(16-18-32)22-9-3-2-4-10-22)19-29(30(36)37)33-31(38)39-20-28-26-13-7-5-11-24(26)25-12-6-8-14-27(25)28/h2-17,28-29H,18-20H2,1H3,(H,33,38)(H,34,35)(H,36,37). The van der Waals surface area contributed by atoms with E-state index in [1.165, 1.54) is 6.92 Å². The number of carboxylic acid groups (broad SMARTS) is 1. The van der Waals surface area contributed by atoms with Gasteiger partial charge in [0.2, 0.25) is 5.91 Å². The third kappa shape index (κ3) is 5.62. The zero-order valence-corrected chi connectivity index (χ0v) is 21.6. The number of rotatable bonds is 8. The van der Waals surface area contributed by atoms with Crippen molar-refractivity contribution in [3.63, 3.8) is 0 Å². The Kier molecular flexibility index (Phi) is 7.32. The Balaban J connectivity index is 1.27. The van der Waals surface area contributed by atoms with E-state index >= 15 is 0 Å². The summed E-state index contributed by atoms with van der Waals surface area (Å²) < 4.78 is 5.57. The van der Waals surface area contributed by atoms with Gasteiger partial charge < -0.3 is 20.5 Å². The van der Waals surface area contributed by atoms with Gasteiger partial charge in [0.15, 0.2) is 0 Å². The predicted molar refractivity (Wildman–Crippen MR) is 149 cm³/mol. The Labute approximate surface area is 227 Å². The number of fused-ring (bicyclic) bond motifs is 3. The van der Waals surface area contributed by atoms with E-state index in [0.717, 1.165) is 33.4 Å². The van der Waals surface area contributed by atoms with Gasteiger partial charge in [0, 0.05) is 19.3 Å². The molecule has 0 heterocycles. The lowest BCUT2D eigenvalue weighted by Gasteiger charge is -2.35. The van der Waals surface area contributed by atoms with Crippen molar-refractivity contribution in [1.82, 2.24) is 10.6 Å². The molecule has 0 spiro atoms. The molecule has 0 radical (unpaired) electrons. The number of nitrogens with one attached hydrogen (secondary N) is 2. The van der Waals surface area contributed by atoms with E-state index in [4.69, 9.17) is 4.74 Å². The van der Waals surface area contributed by atoms with Gasteiger partial charge in [-0.25, -0.2) is 9.59 Å². The second kappa shape index (κ2) is 11.0. The molecule has 2 aliphatic carbocycles. The van der Waals surface area contributed by atoms with Crippen molar-refractivity contribution < 1.29 is 24.2 Å². The van der Waals surface area contributed by atoms with Gasteiger partial charge in [-0.1, -0.05) is 97.1 Å². The van der Waals surface area contributed by atoms with Crippen LogP contribution in [0, 0.1) is 0 Å². The summed E-state index contributed by atoms with van der Waals surface area (Å²) in [7, 11) is 0. The molecule has 3 N–H and O–H groups in total. The maximum atomic E-state index is 12.8. The normalized spacial score (nSPS) is 18.3. The van der Waals surface area contributed by atoms with E-state index < -0.39 is 23.6 Å². The fourth-order valence-corrected chi connectivity index (χ4v) is 5.51. The van der Waals surface area contributed by atoms with E-state index in [2.05, 4.69) is 10.6 Å². The largest absolute Gasteiger partial charge is 0.480 e. The van der Waals surface area contributed by atoms with Gasteiger partial charge in [-0.2, -0.15) is 0 Å². The first-order valence-corrected chi connectivity index (χ1v) is 12.9. The van der Waals surface area contributed by atoms with Crippen LogP contribution in [0.2, 0.25) is 0 Å². The molecule has 39 heavy (non-hydrogen) atoms. The Hall–Kier alpha value is -4.65. The van der Waals surface area contributed by atoms with Crippen LogP contribution in [-0.4, -0.2) is 41.3 Å². The molecule has 3 aromatic carbocycles. The van der Waals surface area contributed by atoms with Crippen LogP contribution < -0.4 is 10.6 Å². The highest BCUT2D eigenvalue weighted by molar-refractivity contribution is 5.82. The summed E-state index contributed by atoms with van der Waals surface area (Å²) in [6.45, 7) is 1.47. The molecule has 0 aromatic heterocycles. The summed E-state index contributed by atoms with van der Waals surface area (Å²) in [6.07, 6.45) is 5.18. The van der Waals surface area contributed by atoms with E-state index in [-0.39, 0.29) is 24.9 Å². The lowest BCUT2D eigenvalue weighted by Crippen LogP contribution is -2.53. The summed E-state index contributed by atoms with van der Waals surface area (Å²) in [6, 6.07) is 24.5. The van der Waals surface area contributed by atoms with Crippen LogP contribution >= 0.6 is 0 Å². The second-order valence-corrected chi connectivity index (χ2v) is 9.97. The molecule has 0 fully saturated rings. The smallest absolute Gasteiger partial charge is 0.407 e. The zero-order valence-electron chi connectivity index (χ0n) is 21.6. The van der Waals surface area contributed by atoms with Crippen LogP contribution in [0.1, 0.15) is 42.4 Å². The van der Waals surface area contributed by atoms with Gasteiger partial charge >= 0.3 is 12.1 Å². The average molecular weight is 523 g/mol. The van der Waals surface area contributed by atoms with Crippen molar-refractivity contribution in [2.45, 2.75) is 37.3 Å². The number of alkyl carbamates (subject to hydrolysis) is 1. The third-order valence-electron chi connectivity index (χ3n) is 7.30. The maximum absolute atomic E-state index is 12.8. The molecule has 2 amide bonds. The highest BCUT2D eigenvalue weighted by atomic mass is 16.5. The van der Waals surface area contributed by atoms with Crippen molar-refractivity contribution in [2.75, 3.05) is 6.61 Å². The molecule has 7 heteroatoms. The molecule has 198 valence electrons. The summed E-state index contributed by atoms with van der Waals surface area (Å²) in [5, 5.41) is 15.4. The molecule has 2 atom stereocenters. The van der Waals surface area contributed by atoms with Crippen molar-refractivity contribution in [2.24, 2.45) is 0 Å². The van der Waals surface area contributed by atoms with E-state index in [0.29, 0.717) is 6.42 Å². The summed E-state index contributed by atoms with van der Waals surface area (Å²) in [5.41, 5.74) is 5.39. The van der Waals surface area contributed by atoms with Crippen molar-refractivity contribution in [3.05, 3.63) is 114 Å². The zero-order chi connectivity index (χ0) is 27.4. The topological polar surface area (TPSA) is 105 Å². The lowest BCUT2D eigenvalue weighted by molar-refractivity contribution is -0.140. The van der Waals surface area contributed by atoms with Gasteiger partial charge in [-0.3, -0.25) is 4.79 Å². The fourth-order valence-electron chi connectivity index (χ4n) is 5.51. The second-order valence-electron chi connectivity index (χ2n) is 9.97. The van der Waals surface area contributed by atoms with E-state index in [9.17, 15) is 19.5 Å². The molecule has 2 aliphatic rings. The van der Waals surface area contributed by atoms with Crippen molar-refractivity contribution in [3.8, 4) is 11.1 Å². The van der Waals surface area contributed by atoms with Gasteiger partial charge in [-0.05, 0) is 39.8 Å². The number of benzene rings is 3. The highest BCUT2D eigenvalue weighted by Gasteiger charge is 2.37. The van der Waals surface area contributed by atoms with Crippen LogP contribution in [0.4, 0.5) is 4.79 Å². The van der Waals surface area contributed by atoms with Crippen LogP contribution in [-0.2, 0) is 14.3 Å². The molecule has 2 unspecified atom stereocenters. The average Bonchev–Trinajstić information content (AvgIpc) is 3.26. The first kappa shape index (κ1) is 26.0. The molecule has 0 saturated heterocycles. The molecular formula is C32H30N2O5. The van der Waals surface area contributed by atoms with Crippen LogP contribution in [0.25, 0.3) is 16.7 Å².